The van der Waals surface area contributed by atoms with E-state index in [2.05, 4.69) is 38.3 Å². The summed E-state index contributed by atoms with van der Waals surface area (Å²) in [6, 6.07) is 10.4. The van der Waals surface area contributed by atoms with E-state index in [4.69, 9.17) is 0 Å². The maximum atomic E-state index is 10.2. The summed E-state index contributed by atoms with van der Waals surface area (Å²) in [4.78, 5) is 3.72. The van der Waals surface area contributed by atoms with Crippen molar-refractivity contribution in [1.29, 1.82) is 0 Å². The highest BCUT2D eigenvalue weighted by atomic mass is 79.9. The number of thiophene rings is 1. The Morgan fingerprint density at radius 3 is 3.00 bits per heavy atom. The summed E-state index contributed by atoms with van der Waals surface area (Å²) in [5.74, 6) is 0. The number of benzene rings is 1. The van der Waals surface area contributed by atoms with Crippen LogP contribution in [0.25, 0.3) is 0 Å². The molecule has 2 heterocycles. The van der Waals surface area contributed by atoms with Gasteiger partial charge in [-0.15, -0.1) is 11.3 Å². The van der Waals surface area contributed by atoms with Crippen LogP contribution in [0.5, 0.6) is 0 Å². The van der Waals surface area contributed by atoms with Crippen LogP contribution < -0.4 is 4.90 Å². The van der Waals surface area contributed by atoms with Crippen molar-refractivity contribution >= 4 is 33.0 Å². The molecule has 19 heavy (non-hydrogen) atoms. The van der Waals surface area contributed by atoms with E-state index >= 15 is 0 Å². The van der Waals surface area contributed by atoms with Gasteiger partial charge in [0.25, 0.3) is 0 Å². The molecule has 1 unspecified atom stereocenters. The molecule has 0 amide bonds. The highest BCUT2D eigenvalue weighted by molar-refractivity contribution is 9.10. The molecule has 0 aliphatic carbocycles. The number of hydrogen-bond acceptors (Lipinski definition) is 3. The molecule has 2 nitrogen and oxygen atoms in total. The van der Waals surface area contributed by atoms with Crippen LogP contribution in [-0.4, -0.2) is 11.7 Å². The van der Waals surface area contributed by atoms with E-state index in [9.17, 15) is 5.11 Å². The number of anilines is 1. The van der Waals surface area contributed by atoms with Crippen LogP contribution in [0.4, 0.5) is 5.69 Å². The lowest BCUT2D eigenvalue weighted by atomic mass is 10.0. The lowest BCUT2D eigenvalue weighted by Crippen LogP contribution is -2.22. The number of nitrogens with zero attached hydrogens (tertiary/aromatic N) is 1. The summed E-state index contributed by atoms with van der Waals surface area (Å²) >= 11 is 5.28. The van der Waals surface area contributed by atoms with Crippen molar-refractivity contribution in [2.75, 3.05) is 11.4 Å². The zero-order chi connectivity index (χ0) is 13.2. The first-order chi connectivity index (χ1) is 9.24. The molecular weight excluding hydrogens is 322 g/mol. The smallest absolute Gasteiger partial charge is 0.0810 e. The van der Waals surface area contributed by atoms with Gasteiger partial charge in [-0.3, -0.25) is 0 Å². The van der Waals surface area contributed by atoms with Gasteiger partial charge in [0.15, 0.2) is 0 Å². The van der Waals surface area contributed by atoms with Gasteiger partial charge in [0.2, 0.25) is 0 Å². The Morgan fingerprint density at radius 2 is 2.21 bits per heavy atom. The number of aliphatic hydroxyl groups is 1. The molecule has 0 radical (unpaired) electrons. The Bertz CT molecular complexity index is 569. The molecule has 1 N–H and O–H groups in total. The molecule has 0 saturated heterocycles. The van der Waals surface area contributed by atoms with Crippen molar-refractivity contribution in [3.8, 4) is 0 Å². The maximum absolute atomic E-state index is 10.2. The van der Waals surface area contributed by atoms with Gasteiger partial charge >= 0.3 is 0 Å². The molecule has 100 valence electrons. The third kappa shape index (κ3) is 2.86. The van der Waals surface area contributed by atoms with Crippen molar-refractivity contribution < 1.29 is 5.11 Å². The first-order valence-corrected chi connectivity index (χ1v) is 8.16. The van der Waals surface area contributed by atoms with Crippen LogP contribution in [0, 0.1) is 0 Å². The van der Waals surface area contributed by atoms with Crippen molar-refractivity contribution in [3.05, 3.63) is 50.6 Å². The molecule has 0 spiro atoms. The summed E-state index contributed by atoms with van der Waals surface area (Å²) in [6.45, 7) is 1.92. The molecule has 1 aromatic carbocycles. The minimum Gasteiger partial charge on any atom is -0.388 e. The molecule has 1 aliphatic heterocycles. The maximum Gasteiger partial charge on any atom is 0.0810 e. The predicted octanol–water partition coefficient (Wildman–Crippen LogP) is 4.34. The second-order valence-corrected chi connectivity index (χ2v) is 6.78. The van der Waals surface area contributed by atoms with Crippen molar-refractivity contribution in [3.63, 3.8) is 0 Å². The van der Waals surface area contributed by atoms with Crippen LogP contribution in [0.3, 0.4) is 0 Å². The molecule has 0 bridgehead atoms. The van der Waals surface area contributed by atoms with Gasteiger partial charge in [-0.2, -0.15) is 0 Å². The number of rotatable bonds is 2. The summed E-state index contributed by atoms with van der Waals surface area (Å²) in [5, 5.41) is 12.3. The van der Waals surface area contributed by atoms with E-state index in [0.717, 1.165) is 36.0 Å². The third-order valence-corrected chi connectivity index (χ3v) is 5.19. The van der Waals surface area contributed by atoms with Crippen molar-refractivity contribution in [1.82, 2.24) is 0 Å². The molecule has 0 fully saturated rings. The fraction of sp³-hybridized carbons (Fsp3) is 0.333. The molecular formula is C15H16BrNOS. The van der Waals surface area contributed by atoms with E-state index in [0.29, 0.717) is 0 Å². The molecule has 1 atom stereocenters. The Hall–Kier alpha value is -0.840. The normalized spacial score (nSPS) is 19.1. The number of para-hydroxylation sites is 1. The SMILES string of the molecule is OC1CCCN(Cc2cc(Br)cs2)c2ccccc21. The quantitative estimate of drug-likeness (QED) is 0.880. The van der Waals surface area contributed by atoms with Gasteiger partial charge in [-0.1, -0.05) is 18.2 Å². The minimum absolute atomic E-state index is 0.323. The Labute approximate surface area is 125 Å². The van der Waals surface area contributed by atoms with Gasteiger partial charge < -0.3 is 10.0 Å². The molecule has 0 saturated carbocycles. The summed E-state index contributed by atoms with van der Waals surface area (Å²) in [6.07, 6.45) is 1.56. The second-order valence-electron chi connectivity index (χ2n) is 4.87. The van der Waals surface area contributed by atoms with Gasteiger partial charge in [0.1, 0.15) is 0 Å². The van der Waals surface area contributed by atoms with Gasteiger partial charge in [-0.25, -0.2) is 0 Å². The molecule has 3 rings (SSSR count). The predicted molar refractivity (Wildman–Crippen MR) is 83.7 cm³/mol. The van der Waals surface area contributed by atoms with Crippen LogP contribution in [0.1, 0.15) is 29.4 Å². The number of fused-ring (bicyclic) bond motifs is 1. The minimum atomic E-state index is -0.323. The Kier molecular flexibility index (Phi) is 3.91. The number of hydrogen-bond donors (Lipinski definition) is 1. The second kappa shape index (κ2) is 5.65. The van der Waals surface area contributed by atoms with E-state index in [-0.39, 0.29) is 6.10 Å². The first-order valence-electron chi connectivity index (χ1n) is 6.49. The average Bonchev–Trinajstić information content (AvgIpc) is 2.75. The highest BCUT2D eigenvalue weighted by Gasteiger charge is 2.21. The van der Waals surface area contributed by atoms with Gasteiger partial charge in [0, 0.05) is 32.5 Å². The third-order valence-electron chi connectivity index (χ3n) is 3.51. The topological polar surface area (TPSA) is 23.5 Å². The Morgan fingerprint density at radius 1 is 1.37 bits per heavy atom. The number of halogens is 1. The first kappa shape index (κ1) is 13.2. The van der Waals surface area contributed by atoms with Gasteiger partial charge in [-0.05, 0) is 40.9 Å². The fourth-order valence-corrected chi connectivity index (χ4v) is 4.06. The van der Waals surface area contributed by atoms with E-state index in [1.807, 2.05) is 18.2 Å². The highest BCUT2D eigenvalue weighted by Crippen LogP contribution is 2.34. The molecule has 4 heteroatoms. The lowest BCUT2D eigenvalue weighted by Gasteiger charge is -2.24. The van der Waals surface area contributed by atoms with Crippen LogP contribution in [0.15, 0.2) is 40.2 Å². The molecule has 2 aromatic rings. The standard InChI is InChI=1S/C15H16BrNOS/c16-11-8-12(19-10-11)9-17-7-3-6-15(18)13-4-1-2-5-14(13)17/h1-2,4-5,8,10,15,18H,3,6-7,9H2. The van der Waals surface area contributed by atoms with Crippen molar-refractivity contribution in [2.45, 2.75) is 25.5 Å². The van der Waals surface area contributed by atoms with Gasteiger partial charge in [0.05, 0.1) is 12.6 Å². The molecule has 1 aromatic heterocycles. The zero-order valence-corrected chi connectivity index (χ0v) is 13.0. The summed E-state index contributed by atoms with van der Waals surface area (Å²) in [5.41, 5.74) is 2.24. The summed E-state index contributed by atoms with van der Waals surface area (Å²) < 4.78 is 1.15. The lowest BCUT2D eigenvalue weighted by molar-refractivity contribution is 0.168. The van der Waals surface area contributed by atoms with Crippen molar-refractivity contribution in [2.24, 2.45) is 0 Å². The molecule has 1 aliphatic rings. The average molecular weight is 338 g/mol. The van der Waals surface area contributed by atoms with E-state index < -0.39 is 0 Å². The van der Waals surface area contributed by atoms with Crippen LogP contribution in [-0.2, 0) is 6.54 Å². The summed E-state index contributed by atoms with van der Waals surface area (Å²) in [7, 11) is 0. The fourth-order valence-electron chi connectivity index (χ4n) is 2.60. The van der Waals surface area contributed by atoms with Crippen LogP contribution in [0.2, 0.25) is 0 Å². The zero-order valence-electron chi connectivity index (χ0n) is 10.6. The van der Waals surface area contributed by atoms with E-state index in [1.165, 1.54) is 10.6 Å². The largest absolute Gasteiger partial charge is 0.388 e. The number of aliphatic hydroxyl groups excluding tert-OH is 1. The monoisotopic (exact) mass is 337 g/mol. The van der Waals surface area contributed by atoms with E-state index in [1.54, 1.807) is 11.3 Å². The van der Waals surface area contributed by atoms with Crippen LogP contribution >= 0.6 is 27.3 Å². The Balaban J connectivity index is 1.91.